The molecule has 0 unspecified atom stereocenters. The molecule has 2 atom stereocenters. The molecule has 16 heteroatoms. The lowest BCUT2D eigenvalue weighted by Gasteiger charge is -2.31. The summed E-state index contributed by atoms with van der Waals surface area (Å²) < 4.78 is 26.8. The van der Waals surface area contributed by atoms with Crippen molar-refractivity contribution in [3.05, 3.63) is 95.8 Å². The molecule has 4 aromatic heterocycles. The number of carbonyl (C=O) groups is 2. The number of morpholine rings is 2. The summed E-state index contributed by atoms with van der Waals surface area (Å²) in [4.78, 5) is 39.3. The van der Waals surface area contributed by atoms with Gasteiger partial charge in [0, 0.05) is 87.1 Å². The predicted octanol–water partition coefficient (Wildman–Crippen LogP) is 5.84. The Kier molecular flexibility index (Phi) is 10.5. The number of benzene rings is 2. The summed E-state index contributed by atoms with van der Waals surface area (Å²) in [5.41, 5.74) is 7.23. The maximum absolute atomic E-state index is 13.1. The number of aromatic nitrogens is 6. The summed E-state index contributed by atoms with van der Waals surface area (Å²) in [5, 5.41) is 14.7. The lowest BCUT2D eigenvalue weighted by molar-refractivity contribution is 0.101. The van der Waals surface area contributed by atoms with Gasteiger partial charge in [-0.3, -0.25) is 9.59 Å². The Morgan fingerprint density at radius 2 is 1.07 bits per heavy atom. The highest BCUT2D eigenvalue weighted by Crippen LogP contribution is 2.44. The van der Waals surface area contributed by atoms with E-state index in [-0.39, 0.29) is 23.0 Å². The zero-order valence-corrected chi connectivity index (χ0v) is 34.4. The Balaban J connectivity index is 0.000000154. The molecule has 2 N–H and O–H groups in total. The van der Waals surface area contributed by atoms with E-state index < -0.39 is 0 Å². The van der Waals surface area contributed by atoms with Crippen LogP contribution in [0.2, 0.25) is 0 Å². The minimum absolute atomic E-state index is 0.209. The Labute approximate surface area is 347 Å². The molecule has 0 spiro atoms. The number of nitrogens with one attached hydrogen (secondary N) is 2. The average molecular weight is 815 g/mol. The first kappa shape index (κ1) is 39.2. The molecule has 2 fully saturated rings. The summed E-state index contributed by atoms with van der Waals surface area (Å²) >= 11 is 0. The summed E-state index contributed by atoms with van der Waals surface area (Å²) in [6, 6.07) is 11.8. The van der Waals surface area contributed by atoms with E-state index in [1.165, 1.54) is 0 Å². The molecule has 4 aliphatic heterocycles. The van der Waals surface area contributed by atoms with Crippen LogP contribution in [0.5, 0.6) is 11.5 Å². The highest BCUT2D eigenvalue weighted by atomic mass is 16.5. The van der Waals surface area contributed by atoms with E-state index in [4.69, 9.17) is 18.9 Å². The third-order valence-electron chi connectivity index (χ3n) is 11.9. The minimum atomic E-state index is -0.227. The van der Waals surface area contributed by atoms with Crippen molar-refractivity contribution in [3.8, 4) is 11.5 Å². The molecular weight excluding hydrogens is 765 g/mol. The van der Waals surface area contributed by atoms with Gasteiger partial charge in [-0.2, -0.15) is 10.2 Å². The maximum Gasteiger partial charge on any atom is 0.261 e. The van der Waals surface area contributed by atoms with Crippen LogP contribution < -0.4 is 29.9 Å². The van der Waals surface area contributed by atoms with Crippen molar-refractivity contribution in [1.29, 1.82) is 0 Å². The van der Waals surface area contributed by atoms with Gasteiger partial charge in [-0.1, -0.05) is 13.8 Å². The van der Waals surface area contributed by atoms with Crippen LogP contribution in [0.4, 0.5) is 22.7 Å². The normalized spacial score (nSPS) is 20.8. The number of amides is 2. The number of rotatable bonds is 8. The predicted molar refractivity (Wildman–Crippen MR) is 227 cm³/mol. The molecular formula is C44H50N10O6. The molecule has 312 valence electrons. The molecule has 2 aromatic carbocycles. The molecule has 2 saturated heterocycles. The Morgan fingerprint density at radius 1 is 0.650 bits per heavy atom. The quantitative estimate of drug-likeness (QED) is 0.189. The van der Waals surface area contributed by atoms with E-state index in [9.17, 15) is 9.59 Å². The first-order chi connectivity index (χ1) is 29.1. The van der Waals surface area contributed by atoms with Gasteiger partial charge in [0.2, 0.25) is 0 Å². The van der Waals surface area contributed by atoms with Gasteiger partial charge in [0.15, 0.2) is 11.3 Å². The van der Waals surface area contributed by atoms with Gasteiger partial charge < -0.3 is 39.4 Å². The summed E-state index contributed by atoms with van der Waals surface area (Å²) in [5.74, 6) is 1.35. The van der Waals surface area contributed by atoms with Gasteiger partial charge in [0.1, 0.15) is 33.8 Å². The van der Waals surface area contributed by atoms with E-state index >= 15 is 0 Å². The van der Waals surface area contributed by atoms with Crippen molar-refractivity contribution in [2.45, 2.75) is 64.6 Å². The van der Waals surface area contributed by atoms with E-state index in [0.29, 0.717) is 48.8 Å². The van der Waals surface area contributed by atoms with Crippen molar-refractivity contribution in [2.75, 3.05) is 73.0 Å². The van der Waals surface area contributed by atoms with Crippen molar-refractivity contribution in [3.63, 3.8) is 0 Å². The van der Waals surface area contributed by atoms with Crippen LogP contribution in [0.3, 0.4) is 0 Å². The van der Waals surface area contributed by atoms with Crippen LogP contribution in [0, 0.1) is 0 Å². The monoisotopic (exact) mass is 814 g/mol. The first-order valence-electron chi connectivity index (χ1n) is 20.7. The molecule has 0 saturated carbocycles. The van der Waals surface area contributed by atoms with Gasteiger partial charge in [-0.05, 0) is 51.0 Å². The molecule has 8 heterocycles. The fourth-order valence-electron chi connectivity index (χ4n) is 8.18. The number of hydrogen-bond donors (Lipinski definition) is 2. The first-order valence-corrected chi connectivity index (χ1v) is 20.7. The molecule has 4 aliphatic rings. The SMILES string of the molecule is CC[C@@]1(C)Cc2cc(NC(=O)c3cnn4cccnc34)c(N3CCOCC3)cc2O1.CC[C@]1(C)Cc2cc(NC(=O)c3cnn4cccnc34)c(N3CCOCC3)cc2O1. The van der Waals surface area contributed by atoms with Crippen LogP contribution in [0.15, 0.2) is 73.6 Å². The Morgan fingerprint density at radius 3 is 1.47 bits per heavy atom. The second-order valence-electron chi connectivity index (χ2n) is 16.1. The molecule has 0 radical (unpaired) electrons. The lowest BCUT2D eigenvalue weighted by Crippen LogP contribution is -2.36. The third kappa shape index (κ3) is 7.68. The number of anilines is 4. The van der Waals surface area contributed by atoms with Crippen molar-refractivity contribution in [2.24, 2.45) is 0 Å². The highest BCUT2D eigenvalue weighted by molar-refractivity contribution is 6.10. The number of fused-ring (bicyclic) bond motifs is 4. The molecule has 2 amide bonds. The molecule has 60 heavy (non-hydrogen) atoms. The van der Waals surface area contributed by atoms with Gasteiger partial charge in [0.25, 0.3) is 11.8 Å². The van der Waals surface area contributed by atoms with Crippen LogP contribution >= 0.6 is 0 Å². The smallest absolute Gasteiger partial charge is 0.261 e. The zero-order valence-electron chi connectivity index (χ0n) is 34.4. The van der Waals surface area contributed by atoms with E-state index in [0.717, 1.165) is 97.2 Å². The van der Waals surface area contributed by atoms with Crippen molar-refractivity contribution in [1.82, 2.24) is 29.2 Å². The van der Waals surface area contributed by atoms with Crippen LogP contribution in [0.25, 0.3) is 11.3 Å². The lowest BCUT2D eigenvalue weighted by atomic mass is 9.96. The Bertz CT molecular complexity index is 2390. The molecule has 0 bridgehead atoms. The minimum Gasteiger partial charge on any atom is -0.487 e. The van der Waals surface area contributed by atoms with Crippen LogP contribution in [-0.4, -0.2) is 105 Å². The average Bonchev–Trinajstić information content (AvgIpc) is 4.06. The highest BCUT2D eigenvalue weighted by Gasteiger charge is 2.36. The Hall–Kier alpha value is -6.26. The van der Waals surface area contributed by atoms with E-state index in [1.54, 1.807) is 58.3 Å². The number of ether oxygens (including phenoxy) is 4. The third-order valence-corrected chi connectivity index (χ3v) is 11.9. The zero-order chi connectivity index (χ0) is 41.4. The van der Waals surface area contributed by atoms with Gasteiger partial charge in [-0.25, -0.2) is 19.0 Å². The largest absolute Gasteiger partial charge is 0.487 e. The maximum atomic E-state index is 13.1. The fraction of sp³-hybridized carbons (Fsp3) is 0.409. The fourth-order valence-corrected chi connectivity index (χ4v) is 8.18. The van der Waals surface area contributed by atoms with Gasteiger partial charge in [0.05, 0.1) is 61.6 Å². The number of carbonyl (C=O) groups excluding carboxylic acids is 2. The second kappa shape index (κ2) is 16.1. The van der Waals surface area contributed by atoms with Gasteiger partial charge >= 0.3 is 0 Å². The van der Waals surface area contributed by atoms with Gasteiger partial charge in [-0.15, -0.1) is 0 Å². The summed E-state index contributed by atoms with van der Waals surface area (Å²) in [6.45, 7) is 14.3. The van der Waals surface area contributed by atoms with Crippen LogP contribution in [-0.2, 0) is 22.3 Å². The van der Waals surface area contributed by atoms with E-state index in [1.807, 2.05) is 0 Å². The number of hydrogen-bond acceptors (Lipinski definition) is 12. The number of nitrogens with zero attached hydrogens (tertiary/aromatic N) is 8. The topological polar surface area (TPSA) is 162 Å². The molecule has 0 aliphatic carbocycles. The summed E-state index contributed by atoms with van der Waals surface area (Å²) in [6.07, 6.45) is 13.5. The van der Waals surface area contributed by atoms with Crippen molar-refractivity contribution < 1.29 is 28.5 Å². The molecule has 10 rings (SSSR count). The van der Waals surface area contributed by atoms with Crippen LogP contribution in [0.1, 0.15) is 72.4 Å². The van der Waals surface area contributed by atoms with E-state index in [2.05, 4.69) is 92.6 Å². The van der Waals surface area contributed by atoms with Crippen molar-refractivity contribution >= 4 is 45.9 Å². The second-order valence-corrected chi connectivity index (χ2v) is 16.1. The molecule has 6 aromatic rings. The standard InChI is InChI=1S/2C22H25N5O3/c2*1-3-22(2)13-15-11-17(18(12-19(15)30-22)26-7-9-29-10-8-26)25-21(28)16-14-24-27-6-4-5-23-20(16)27/h2*4-6,11-12,14H,3,7-10,13H2,1-2H3,(H,25,28)/t2*22-/m10/s1. The molecule has 16 nitrogen and oxygen atoms in total. The summed E-state index contributed by atoms with van der Waals surface area (Å²) in [7, 11) is 0.